The van der Waals surface area contributed by atoms with Crippen molar-refractivity contribution in [2.24, 2.45) is 4.99 Å². The van der Waals surface area contributed by atoms with E-state index in [-0.39, 0.29) is 17.8 Å². The molecule has 3 rings (SSSR count). The van der Waals surface area contributed by atoms with Gasteiger partial charge in [0.2, 0.25) is 5.91 Å². The topological polar surface area (TPSA) is 88.9 Å². The molecule has 1 unspecified atom stereocenters. The summed E-state index contributed by atoms with van der Waals surface area (Å²) in [4.78, 5) is 46.8. The molecule has 29 heavy (non-hydrogen) atoms. The van der Waals surface area contributed by atoms with E-state index < -0.39 is 5.92 Å². The van der Waals surface area contributed by atoms with Crippen LogP contribution >= 0.6 is 0 Å². The Morgan fingerprint density at radius 1 is 1.14 bits per heavy atom. The highest BCUT2D eigenvalue weighted by Gasteiger charge is 2.39. The van der Waals surface area contributed by atoms with Gasteiger partial charge in [0.15, 0.2) is 0 Å². The summed E-state index contributed by atoms with van der Waals surface area (Å²) < 4.78 is 4.61. The lowest BCUT2D eigenvalue weighted by atomic mass is 9.89. The Hall–Kier alpha value is -3.35. The fourth-order valence-corrected chi connectivity index (χ4v) is 3.23. The SMILES string of the molecule is COC(=O)CCCCCN=CC1C(=O)N(c2ccccn2)C(=O)c2ccccc21. The lowest BCUT2D eigenvalue weighted by Crippen LogP contribution is -2.45. The molecular weight excluding hydrogens is 370 g/mol. The highest BCUT2D eigenvalue weighted by molar-refractivity contribution is 6.28. The molecule has 7 nitrogen and oxygen atoms in total. The van der Waals surface area contributed by atoms with Crippen LogP contribution in [-0.2, 0) is 14.3 Å². The van der Waals surface area contributed by atoms with E-state index in [2.05, 4.69) is 14.7 Å². The number of pyridine rings is 1. The van der Waals surface area contributed by atoms with E-state index in [4.69, 9.17) is 0 Å². The van der Waals surface area contributed by atoms with Crippen LogP contribution in [-0.4, -0.2) is 42.6 Å². The second-order valence-corrected chi connectivity index (χ2v) is 6.67. The number of methoxy groups -OCH3 is 1. The van der Waals surface area contributed by atoms with Crippen molar-refractivity contribution in [3.8, 4) is 0 Å². The number of hydrogen-bond acceptors (Lipinski definition) is 6. The zero-order valence-corrected chi connectivity index (χ0v) is 16.3. The Labute approximate surface area is 169 Å². The summed E-state index contributed by atoms with van der Waals surface area (Å²) in [5, 5.41) is 0. The number of nitrogens with zero attached hydrogens (tertiary/aromatic N) is 3. The fourth-order valence-electron chi connectivity index (χ4n) is 3.23. The van der Waals surface area contributed by atoms with E-state index in [9.17, 15) is 14.4 Å². The molecule has 2 heterocycles. The molecule has 0 aliphatic carbocycles. The van der Waals surface area contributed by atoms with E-state index in [1.165, 1.54) is 7.11 Å². The van der Waals surface area contributed by atoms with Gasteiger partial charge in [-0.2, -0.15) is 0 Å². The molecule has 2 amide bonds. The molecule has 2 aromatic rings. The number of aliphatic imine (C=N–C) groups is 1. The third kappa shape index (κ3) is 4.74. The number of benzene rings is 1. The van der Waals surface area contributed by atoms with Crippen LogP contribution in [0.3, 0.4) is 0 Å². The van der Waals surface area contributed by atoms with Crippen LogP contribution in [0.1, 0.15) is 47.5 Å². The van der Waals surface area contributed by atoms with E-state index in [1.54, 1.807) is 48.8 Å². The average molecular weight is 393 g/mol. The molecule has 1 aliphatic rings. The van der Waals surface area contributed by atoms with Crippen LogP contribution in [0.25, 0.3) is 0 Å². The van der Waals surface area contributed by atoms with Crippen molar-refractivity contribution in [2.45, 2.75) is 31.6 Å². The van der Waals surface area contributed by atoms with Crippen molar-refractivity contribution in [2.75, 3.05) is 18.6 Å². The van der Waals surface area contributed by atoms with E-state index in [0.29, 0.717) is 29.9 Å². The minimum Gasteiger partial charge on any atom is -0.469 e. The van der Waals surface area contributed by atoms with Crippen molar-refractivity contribution in [3.63, 3.8) is 0 Å². The minimum atomic E-state index is -0.638. The molecule has 1 atom stereocenters. The first-order valence-corrected chi connectivity index (χ1v) is 9.58. The third-order valence-corrected chi connectivity index (χ3v) is 4.74. The van der Waals surface area contributed by atoms with Crippen molar-refractivity contribution >= 4 is 29.8 Å². The number of carbonyl (C=O) groups excluding carboxylic acids is 3. The summed E-state index contributed by atoms with van der Waals surface area (Å²) in [7, 11) is 1.38. The molecule has 1 aromatic carbocycles. The lowest BCUT2D eigenvalue weighted by Gasteiger charge is -2.30. The standard InChI is InChI=1S/C22H23N3O4/c1-29-20(26)12-3-2-7-13-23-15-18-16-9-4-5-10-17(16)21(27)25(22(18)28)19-11-6-8-14-24-19/h4-6,8-11,14-15,18H,2-3,7,12-13H2,1H3. The summed E-state index contributed by atoms with van der Waals surface area (Å²) >= 11 is 0. The fraction of sp³-hybridized carbons (Fsp3) is 0.318. The number of carbonyl (C=O) groups is 3. The molecule has 0 spiro atoms. The van der Waals surface area contributed by atoms with Gasteiger partial charge in [-0.25, -0.2) is 9.88 Å². The van der Waals surface area contributed by atoms with Gasteiger partial charge in [0.25, 0.3) is 5.91 Å². The minimum absolute atomic E-state index is 0.211. The largest absolute Gasteiger partial charge is 0.469 e. The number of aromatic nitrogens is 1. The normalized spacial score (nSPS) is 16.2. The van der Waals surface area contributed by atoms with Gasteiger partial charge in [0.05, 0.1) is 13.0 Å². The summed E-state index contributed by atoms with van der Waals surface area (Å²) in [6, 6.07) is 12.2. The average Bonchev–Trinajstić information content (AvgIpc) is 2.75. The summed E-state index contributed by atoms with van der Waals surface area (Å²) in [6.07, 6.45) is 5.96. The summed E-state index contributed by atoms with van der Waals surface area (Å²) in [6.45, 7) is 0.546. The predicted molar refractivity (Wildman–Crippen MR) is 109 cm³/mol. The highest BCUT2D eigenvalue weighted by atomic mass is 16.5. The maximum atomic E-state index is 13.1. The molecule has 0 radical (unpaired) electrons. The number of esters is 1. The molecule has 0 N–H and O–H groups in total. The predicted octanol–water partition coefficient (Wildman–Crippen LogP) is 3.16. The van der Waals surface area contributed by atoms with Crippen LogP contribution in [0.4, 0.5) is 5.82 Å². The Balaban J connectivity index is 1.72. The van der Waals surface area contributed by atoms with E-state index in [0.717, 1.165) is 24.2 Å². The van der Waals surface area contributed by atoms with Gasteiger partial charge in [-0.3, -0.25) is 19.4 Å². The lowest BCUT2D eigenvalue weighted by molar-refractivity contribution is -0.140. The quantitative estimate of drug-likeness (QED) is 0.297. The first-order chi connectivity index (χ1) is 14.1. The zero-order chi connectivity index (χ0) is 20.6. The monoisotopic (exact) mass is 393 g/mol. The number of anilines is 1. The van der Waals surface area contributed by atoms with Gasteiger partial charge in [0, 0.05) is 30.9 Å². The molecule has 1 aliphatic heterocycles. The molecule has 7 heteroatoms. The Morgan fingerprint density at radius 2 is 1.93 bits per heavy atom. The zero-order valence-electron chi connectivity index (χ0n) is 16.3. The van der Waals surface area contributed by atoms with E-state index in [1.807, 2.05) is 6.07 Å². The summed E-state index contributed by atoms with van der Waals surface area (Å²) in [5.41, 5.74) is 1.14. The number of ether oxygens (including phenoxy) is 1. The van der Waals surface area contributed by atoms with Gasteiger partial charge in [-0.1, -0.05) is 30.7 Å². The number of unbranched alkanes of at least 4 members (excludes halogenated alkanes) is 2. The molecule has 1 aromatic heterocycles. The molecule has 0 saturated heterocycles. The van der Waals surface area contributed by atoms with E-state index >= 15 is 0 Å². The van der Waals surface area contributed by atoms with Gasteiger partial charge in [-0.15, -0.1) is 0 Å². The molecule has 0 bridgehead atoms. The molecule has 150 valence electrons. The first kappa shape index (κ1) is 20.4. The smallest absolute Gasteiger partial charge is 0.305 e. The third-order valence-electron chi connectivity index (χ3n) is 4.74. The number of fused-ring (bicyclic) bond motifs is 1. The van der Waals surface area contributed by atoms with Gasteiger partial charge in [-0.05, 0) is 36.6 Å². The van der Waals surface area contributed by atoms with Crippen molar-refractivity contribution in [1.29, 1.82) is 0 Å². The highest BCUT2D eigenvalue weighted by Crippen LogP contribution is 2.30. The molecule has 0 fully saturated rings. The second kappa shape index (κ2) is 9.73. The van der Waals surface area contributed by atoms with Crippen LogP contribution in [0.15, 0.2) is 53.7 Å². The molecule has 0 saturated carbocycles. The Kier molecular flexibility index (Phi) is 6.84. The number of amides is 2. The van der Waals surface area contributed by atoms with Gasteiger partial charge < -0.3 is 4.74 Å². The maximum Gasteiger partial charge on any atom is 0.305 e. The first-order valence-electron chi connectivity index (χ1n) is 9.58. The summed E-state index contributed by atoms with van der Waals surface area (Å²) in [5.74, 6) is -1.28. The Bertz CT molecular complexity index is 911. The van der Waals surface area contributed by atoms with Gasteiger partial charge in [0.1, 0.15) is 5.82 Å². The second-order valence-electron chi connectivity index (χ2n) is 6.67. The van der Waals surface area contributed by atoms with Crippen LogP contribution in [0, 0.1) is 0 Å². The number of rotatable bonds is 8. The number of hydrogen-bond donors (Lipinski definition) is 0. The molecular formula is C22H23N3O4. The van der Waals surface area contributed by atoms with Crippen LogP contribution < -0.4 is 4.90 Å². The maximum absolute atomic E-state index is 13.1. The van der Waals surface area contributed by atoms with Crippen LogP contribution in [0.5, 0.6) is 0 Å². The van der Waals surface area contributed by atoms with Crippen molar-refractivity contribution in [3.05, 3.63) is 59.8 Å². The van der Waals surface area contributed by atoms with Crippen LogP contribution in [0.2, 0.25) is 0 Å². The van der Waals surface area contributed by atoms with Crippen molar-refractivity contribution in [1.82, 2.24) is 4.98 Å². The Morgan fingerprint density at radius 3 is 2.69 bits per heavy atom. The number of imide groups is 1. The van der Waals surface area contributed by atoms with Gasteiger partial charge >= 0.3 is 5.97 Å². The van der Waals surface area contributed by atoms with Crippen molar-refractivity contribution < 1.29 is 19.1 Å².